The first kappa shape index (κ1) is 13.1. The summed E-state index contributed by atoms with van der Waals surface area (Å²) in [5, 5.41) is 18.1. The molecule has 2 aromatic carbocycles. The number of hydrogen-bond acceptors (Lipinski definition) is 3. The first-order valence-corrected chi connectivity index (χ1v) is 6.87. The fraction of sp³-hybridized carbons (Fsp3) is 0.312. The summed E-state index contributed by atoms with van der Waals surface area (Å²) >= 11 is 0. The van der Waals surface area contributed by atoms with Gasteiger partial charge in [-0.1, -0.05) is 36.4 Å². The number of rotatable bonds is 3. The van der Waals surface area contributed by atoms with Crippen LogP contribution in [0.2, 0.25) is 0 Å². The molecule has 3 rings (SSSR count). The van der Waals surface area contributed by atoms with E-state index in [1.165, 1.54) is 0 Å². The molecule has 1 saturated heterocycles. The molecule has 4 heteroatoms. The molecule has 0 aliphatic carbocycles. The number of hydrogen-bond donors (Lipinski definition) is 3. The molecule has 4 nitrogen and oxygen atoms in total. The maximum absolute atomic E-state index is 12.3. The molecule has 20 heavy (non-hydrogen) atoms. The molecule has 1 amide bonds. The summed E-state index contributed by atoms with van der Waals surface area (Å²) < 4.78 is 0. The average molecular weight is 270 g/mol. The van der Waals surface area contributed by atoms with E-state index in [0.717, 1.165) is 17.3 Å². The van der Waals surface area contributed by atoms with Crippen molar-refractivity contribution in [2.45, 2.75) is 12.0 Å². The summed E-state index contributed by atoms with van der Waals surface area (Å²) in [6.45, 7) is 1.60. The highest BCUT2D eigenvalue weighted by molar-refractivity contribution is 6.07. The van der Waals surface area contributed by atoms with Gasteiger partial charge in [0, 0.05) is 18.7 Å². The Hall–Kier alpha value is -1.91. The molecule has 0 saturated carbocycles. The molecule has 1 aliphatic rings. The van der Waals surface area contributed by atoms with Crippen molar-refractivity contribution < 1.29 is 9.90 Å². The standard InChI is InChI=1S/C16H18N2O2/c19-15(18-11-16(20)8-9-17-10-16)14-7-3-5-12-4-1-2-6-13(12)14/h1-7,17,20H,8-11H2,(H,18,19). The molecule has 0 bridgehead atoms. The molecule has 3 N–H and O–H groups in total. The first-order valence-electron chi connectivity index (χ1n) is 6.87. The van der Waals surface area contributed by atoms with Crippen LogP contribution in [0, 0.1) is 0 Å². The summed E-state index contributed by atoms with van der Waals surface area (Å²) in [6, 6.07) is 13.5. The highest BCUT2D eigenvalue weighted by Gasteiger charge is 2.31. The van der Waals surface area contributed by atoms with E-state index in [1.807, 2.05) is 42.5 Å². The summed E-state index contributed by atoms with van der Waals surface area (Å²) in [7, 11) is 0. The second-order valence-corrected chi connectivity index (χ2v) is 5.36. The van der Waals surface area contributed by atoms with Gasteiger partial charge in [-0.25, -0.2) is 0 Å². The van der Waals surface area contributed by atoms with Crippen LogP contribution in [0.15, 0.2) is 42.5 Å². The van der Waals surface area contributed by atoms with E-state index in [4.69, 9.17) is 0 Å². The topological polar surface area (TPSA) is 61.4 Å². The Balaban J connectivity index is 1.79. The summed E-state index contributed by atoms with van der Waals surface area (Å²) in [6.07, 6.45) is 0.669. The maximum atomic E-state index is 12.3. The van der Waals surface area contributed by atoms with Crippen LogP contribution in [0.3, 0.4) is 0 Å². The minimum atomic E-state index is -0.819. The lowest BCUT2D eigenvalue weighted by Gasteiger charge is -2.21. The van der Waals surface area contributed by atoms with E-state index >= 15 is 0 Å². The van der Waals surface area contributed by atoms with Gasteiger partial charge >= 0.3 is 0 Å². The predicted molar refractivity (Wildman–Crippen MR) is 78.7 cm³/mol. The lowest BCUT2D eigenvalue weighted by Crippen LogP contribution is -2.44. The Morgan fingerprint density at radius 3 is 2.85 bits per heavy atom. The SMILES string of the molecule is O=C(NCC1(O)CCNC1)c1cccc2ccccc12. The van der Waals surface area contributed by atoms with Crippen LogP contribution < -0.4 is 10.6 Å². The summed E-state index contributed by atoms with van der Waals surface area (Å²) in [4.78, 5) is 12.3. The van der Waals surface area contributed by atoms with Crippen molar-refractivity contribution in [1.29, 1.82) is 0 Å². The van der Waals surface area contributed by atoms with Crippen LogP contribution in [0.4, 0.5) is 0 Å². The second-order valence-electron chi connectivity index (χ2n) is 5.36. The largest absolute Gasteiger partial charge is 0.387 e. The molecule has 1 atom stereocenters. The van der Waals surface area contributed by atoms with Crippen LogP contribution >= 0.6 is 0 Å². The fourth-order valence-electron chi connectivity index (χ4n) is 2.64. The van der Waals surface area contributed by atoms with Crippen LogP contribution in [0.25, 0.3) is 10.8 Å². The minimum absolute atomic E-state index is 0.137. The third-order valence-corrected chi connectivity index (χ3v) is 3.83. The van der Waals surface area contributed by atoms with Crippen LogP contribution in [-0.2, 0) is 0 Å². The lowest BCUT2D eigenvalue weighted by atomic mass is 10.0. The number of β-amino-alcohol motifs (C(OH)–C–C–N with tert-alkyl or cyclic N) is 1. The van der Waals surface area contributed by atoms with Crippen LogP contribution in [0.5, 0.6) is 0 Å². The van der Waals surface area contributed by atoms with Gasteiger partial charge in [0.25, 0.3) is 5.91 Å². The van der Waals surface area contributed by atoms with E-state index in [9.17, 15) is 9.90 Å². The van der Waals surface area contributed by atoms with E-state index in [-0.39, 0.29) is 12.5 Å². The van der Waals surface area contributed by atoms with Gasteiger partial charge in [0.15, 0.2) is 0 Å². The van der Waals surface area contributed by atoms with Crippen molar-refractivity contribution in [2.24, 2.45) is 0 Å². The van der Waals surface area contributed by atoms with Gasteiger partial charge in [0.1, 0.15) is 0 Å². The maximum Gasteiger partial charge on any atom is 0.252 e. The van der Waals surface area contributed by atoms with Crippen molar-refractivity contribution in [3.63, 3.8) is 0 Å². The normalized spacial score (nSPS) is 22.1. The van der Waals surface area contributed by atoms with Crippen molar-refractivity contribution in [3.8, 4) is 0 Å². The van der Waals surface area contributed by atoms with E-state index in [2.05, 4.69) is 10.6 Å². The lowest BCUT2D eigenvalue weighted by molar-refractivity contribution is 0.0562. The Kier molecular flexibility index (Phi) is 3.42. The van der Waals surface area contributed by atoms with Gasteiger partial charge in [0.2, 0.25) is 0 Å². The summed E-state index contributed by atoms with van der Waals surface area (Å²) in [5.41, 5.74) is -0.169. The average Bonchev–Trinajstić information content (AvgIpc) is 2.91. The van der Waals surface area contributed by atoms with Gasteiger partial charge in [0.05, 0.1) is 5.60 Å². The molecule has 1 heterocycles. The molecule has 0 radical (unpaired) electrons. The molecule has 1 unspecified atom stereocenters. The predicted octanol–water partition coefficient (Wildman–Crippen LogP) is 1.29. The van der Waals surface area contributed by atoms with Crippen molar-refractivity contribution in [1.82, 2.24) is 10.6 Å². The Labute approximate surface area is 117 Å². The molecular weight excluding hydrogens is 252 g/mol. The van der Waals surface area contributed by atoms with E-state index < -0.39 is 5.60 Å². The highest BCUT2D eigenvalue weighted by Crippen LogP contribution is 2.19. The minimum Gasteiger partial charge on any atom is -0.387 e. The molecule has 0 aromatic heterocycles. The number of aliphatic hydroxyl groups is 1. The number of carbonyl (C=O) groups excluding carboxylic acids is 1. The van der Waals surface area contributed by atoms with Gasteiger partial charge in [-0.3, -0.25) is 4.79 Å². The van der Waals surface area contributed by atoms with Crippen molar-refractivity contribution in [2.75, 3.05) is 19.6 Å². The second kappa shape index (κ2) is 5.23. The van der Waals surface area contributed by atoms with Gasteiger partial charge in [-0.2, -0.15) is 0 Å². The van der Waals surface area contributed by atoms with E-state index in [1.54, 1.807) is 0 Å². The van der Waals surface area contributed by atoms with E-state index in [0.29, 0.717) is 18.5 Å². The molecule has 1 fully saturated rings. The zero-order valence-electron chi connectivity index (χ0n) is 11.2. The quantitative estimate of drug-likeness (QED) is 0.787. The van der Waals surface area contributed by atoms with Gasteiger partial charge in [-0.15, -0.1) is 0 Å². The Morgan fingerprint density at radius 2 is 2.05 bits per heavy atom. The smallest absolute Gasteiger partial charge is 0.252 e. The number of nitrogens with one attached hydrogen (secondary N) is 2. The van der Waals surface area contributed by atoms with Crippen molar-refractivity contribution >= 4 is 16.7 Å². The fourth-order valence-corrected chi connectivity index (χ4v) is 2.64. The first-order chi connectivity index (χ1) is 9.68. The molecule has 2 aromatic rings. The third-order valence-electron chi connectivity index (χ3n) is 3.83. The number of amides is 1. The zero-order valence-corrected chi connectivity index (χ0v) is 11.2. The third kappa shape index (κ3) is 2.53. The Bertz CT molecular complexity index is 628. The zero-order chi connectivity index (χ0) is 14.0. The number of fused-ring (bicyclic) bond motifs is 1. The monoisotopic (exact) mass is 270 g/mol. The number of carbonyl (C=O) groups is 1. The molecule has 0 spiro atoms. The molecular formula is C16H18N2O2. The van der Waals surface area contributed by atoms with Gasteiger partial charge in [-0.05, 0) is 29.8 Å². The summed E-state index contributed by atoms with van der Waals surface area (Å²) in [5.74, 6) is -0.137. The van der Waals surface area contributed by atoms with Gasteiger partial charge < -0.3 is 15.7 Å². The number of benzene rings is 2. The van der Waals surface area contributed by atoms with Crippen LogP contribution in [-0.4, -0.2) is 36.2 Å². The highest BCUT2D eigenvalue weighted by atomic mass is 16.3. The Morgan fingerprint density at radius 1 is 1.25 bits per heavy atom. The molecule has 1 aliphatic heterocycles. The van der Waals surface area contributed by atoms with Crippen molar-refractivity contribution in [3.05, 3.63) is 48.0 Å². The molecule has 104 valence electrons. The van der Waals surface area contributed by atoms with Crippen LogP contribution in [0.1, 0.15) is 16.8 Å².